The minimum absolute atomic E-state index is 0.167. The zero-order chi connectivity index (χ0) is 12.8. The van der Waals surface area contributed by atoms with Gasteiger partial charge in [-0.3, -0.25) is 10.1 Å². The smallest absolute Gasteiger partial charge is 0.292 e. The second-order valence-electron chi connectivity index (χ2n) is 4.32. The van der Waals surface area contributed by atoms with Crippen molar-refractivity contribution in [2.24, 2.45) is 0 Å². The molecule has 1 aromatic rings. The van der Waals surface area contributed by atoms with Crippen molar-refractivity contribution in [2.75, 3.05) is 39.1 Å². The van der Waals surface area contributed by atoms with E-state index >= 15 is 0 Å². The lowest BCUT2D eigenvalue weighted by Gasteiger charge is -2.20. The fourth-order valence-electron chi connectivity index (χ4n) is 1.69. The van der Waals surface area contributed by atoms with E-state index in [1.807, 2.05) is 32.1 Å². The molecule has 0 aliphatic rings. The van der Waals surface area contributed by atoms with E-state index in [4.69, 9.17) is 0 Å². The van der Waals surface area contributed by atoms with Gasteiger partial charge in [0.05, 0.1) is 4.92 Å². The molecule has 0 heterocycles. The van der Waals surface area contributed by atoms with Crippen molar-refractivity contribution in [3.05, 3.63) is 34.4 Å². The van der Waals surface area contributed by atoms with Gasteiger partial charge in [-0.05, 0) is 33.1 Å². The Bertz CT molecular complexity index is 380. The molecule has 5 nitrogen and oxygen atoms in total. The van der Waals surface area contributed by atoms with Crippen LogP contribution in [0.25, 0.3) is 0 Å². The first-order chi connectivity index (χ1) is 8.02. The lowest BCUT2D eigenvalue weighted by atomic mass is 10.2. The van der Waals surface area contributed by atoms with Gasteiger partial charge in [-0.2, -0.15) is 0 Å². The van der Waals surface area contributed by atoms with Crippen molar-refractivity contribution in [3.8, 4) is 0 Å². The van der Waals surface area contributed by atoms with Crippen LogP contribution in [-0.4, -0.2) is 44.1 Å². The van der Waals surface area contributed by atoms with E-state index in [1.165, 1.54) is 6.07 Å². The van der Waals surface area contributed by atoms with Gasteiger partial charge >= 0.3 is 0 Å². The summed E-state index contributed by atoms with van der Waals surface area (Å²) in [5, 5.41) is 10.9. The van der Waals surface area contributed by atoms with Crippen LogP contribution in [0.5, 0.6) is 0 Å². The molecule has 0 bridgehead atoms. The van der Waals surface area contributed by atoms with Gasteiger partial charge in [0.1, 0.15) is 5.69 Å². The lowest BCUT2D eigenvalue weighted by Crippen LogP contribution is -2.23. The Hall–Kier alpha value is -1.62. The van der Waals surface area contributed by atoms with Gasteiger partial charge in [-0.25, -0.2) is 0 Å². The van der Waals surface area contributed by atoms with Crippen LogP contribution in [0.2, 0.25) is 0 Å². The molecule has 0 atom stereocenters. The summed E-state index contributed by atoms with van der Waals surface area (Å²) >= 11 is 0. The molecule has 1 aromatic carbocycles. The molecule has 17 heavy (non-hydrogen) atoms. The van der Waals surface area contributed by atoms with Crippen molar-refractivity contribution in [2.45, 2.75) is 6.42 Å². The average Bonchev–Trinajstić information content (AvgIpc) is 2.28. The number of nitrogens with zero attached hydrogens (tertiary/aromatic N) is 3. The molecular formula is C12H19N3O2. The zero-order valence-electron chi connectivity index (χ0n) is 10.6. The van der Waals surface area contributed by atoms with Crippen molar-refractivity contribution < 1.29 is 4.92 Å². The normalized spacial score (nSPS) is 10.6. The maximum absolute atomic E-state index is 10.9. The quantitative estimate of drug-likeness (QED) is 0.560. The summed E-state index contributed by atoms with van der Waals surface area (Å²) in [7, 11) is 5.92. The Labute approximate surface area is 102 Å². The summed E-state index contributed by atoms with van der Waals surface area (Å²) in [6, 6.07) is 6.84. The molecule has 0 spiro atoms. The number of benzene rings is 1. The highest BCUT2D eigenvalue weighted by Crippen LogP contribution is 2.26. The number of para-hydroxylation sites is 2. The molecule has 0 saturated carbocycles. The summed E-state index contributed by atoms with van der Waals surface area (Å²) in [4.78, 5) is 14.6. The van der Waals surface area contributed by atoms with E-state index in [0.717, 1.165) is 19.5 Å². The molecule has 0 saturated heterocycles. The van der Waals surface area contributed by atoms with Crippen LogP contribution in [-0.2, 0) is 0 Å². The van der Waals surface area contributed by atoms with Crippen LogP contribution in [0.15, 0.2) is 24.3 Å². The fourth-order valence-corrected chi connectivity index (χ4v) is 1.69. The first-order valence-corrected chi connectivity index (χ1v) is 5.61. The largest absolute Gasteiger partial charge is 0.369 e. The number of rotatable bonds is 6. The number of anilines is 1. The van der Waals surface area contributed by atoms with Gasteiger partial charge in [0.2, 0.25) is 0 Å². The zero-order valence-corrected chi connectivity index (χ0v) is 10.6. The SMILES string of the molecule is CN(C)CCCN(C)c1ccccc1[N+](=O)[O-]. The van der Waals surface area contributed by atoms with Crippen LogP contribution in [0.4, 0.5) is 11.4 Å². The third-order valence-corrected chi connectivity index (χ3v) is 2.59. The molecule has 0 aromatic heterocycles. The molecule has 0 unspecified atom stereocenters. The Morgan fingerprint density at radius 2 is 1.82 bits per heavy atom. The van der Waals surface area contributed by atoms with E-state index < -0.39 is 0 Å². The Morgan fingerprint density at radius 1 is 1.18 bits per heavy atom. The molecule has 0 aliphatic heterocycles. The van der Waals surface area contributed by atoms with E-state index in [2.05, 4.69) is 4.90 Å². The highest BCUT2D eigenvalue weighted by atomic mass is 16.6. The molecule has 0 radical (unpaired) electrons. The molecule has 0 aliphatic carbocycles. The highest BCUT2D eigenvalue weighted by molar-refractivity contribution is 5.62. The summed E-state index contributed by atoms with van der Waals surface area (Å²) in [6.45, 7) is 1.79. The monoisotopic (exact) mass is 237 g/mol. The molecule has 0 N–H and O–H groups in total. The van der Waals surface area contributed by atoms with E-state index in [1.54, 1.807) is 12.1 Å². The van der Waals surface area contributed by atoms with E-state index in [0.29, 0.717) is 5.69 Å². The first kappa shape index (κ1) is 13.4. The average molecular weight is 237 g/mol. The second-order valence-corrected chi connectivity index (χ2v) is 4.32. The van der Waals surface area contributed by atoms with E-state index in [9.17, 15) is 10.1 Å². The summed E-state index contributed by atoms with van der Waals surface area (Å²) in [5.41, 5.74) is 0.844. The molecule has 5 heteroatoms. The van der Waals surface area contributed by atoms with Gasteiger partial charge in [-0.1, -0.05) is 12.1 Å². The molecule has 94 valence electrons. The minimum Gasteiger partial charge on any atom is -0.369 e. The lowest BCUT2D eigenvalue weighted by molar-refractivity contribution is -0.384. The maximum Gasteiger partial charge on any atom is 0.292 e. The van der Waals surface area contributed by atoms with Gasteiger partial charge in [0.25, 0.3) is 5.69 Å². The van der Waals surface area contributed by atoms with Crippen molar-refractivity contribution in [3.63, 3.8) is 0 Å². The van der Waals surface area contributed by atoms with E-state index in [-0.39, 0.29) is 10.6 Å². The first-order valence-electron chi connectivity index (χ1n) is 5.61. The van der Waals surface area contributed by atoms with Crippen LogP contribution >= 0.6 is 0 Å². The number of nitro groups is 1. The van der Waals surface area contributed by atoms with Gasteiger partial charge in [0, 0.05) is 19.7 Å². The fraction of sp³-hybridized carbons (Fsp3) is 0.500. The Balaban J connectivity index is 2.68. The molecule has 1 rings (SSSR count). The molecular weight excluding hydrogens is 218 g/mol. The predicted molar refractivity (Wildman–Crippen MR) is 69.5 cm³/mol. The maximum atomic E-state index is 10.9. The third-order valence-electron chi connectivity index (χ3n) is 2.59. The van der Waals surface area contributed by atoms with Crippen LogP contribution in [0.3, 0.4) is 0 Å². The van der Waals surface area contributed by atoms with Crippen LogP contribution in [0, 0.1) is 10.1 Å². The van der Waals surface area contributed by atoms with Crippen molar-refractivity contribution in [1.29, 1.82) is 0 Å². The summed E-state index contributed by atoms with van der Waals surface area (Å²) in [5.74, 6) is 0. The minimum atomic E-state index is -0.336. The topological polar surface area (TPSA) is 49.6 Å². The second kappa shape index (κ2) is 6.20. The Kier molecular flexibility index (Phi) is 4.90. The number of hydrogen-bond donors (Lipinski definition) is 0. The van der Waals surface area contributed by atoms with Gasteiger partial charge < -0.3 is 9.80 Å². The molecule has 0 fully saturated rings. The third kappa shape index (κ3) is 4.03. The van der Waals surface area contributed by atoms with Crippen molar-refractivity contribution in [1.82, 2.24) is 4.90 Å². The molecule has 0 amide bonds. The van der Waals surface area contributed by atoms with Gasteiger partial charge in [-0.15, -0.1) is 0 Å². The summed E-state index contributed by atoms with van der Waals surface area (Å²) in [6.07, 6.45) is 0.982. The predicted octanol–water partition coefficient (Wildman–Crippen LogP) is 1.98. The van der Waals surface area contributed by atoms with Crippen LogP contribution < -0.4 is 4.90 Å². The Morgan fingerprint density at radius 3 is 2.41 bits per heavy atom. The highest BCUT2D eigenvalue weighted by Gasteiger charge is 2.15. The van der Waals surface area contributed by atoms with Crippen LogP contribution in [0.1, 0.15) is 6.42 Å². The number of nitro benzene ring substituents is 1. The number of hydrogen-bond acceptors (Lipinski definition) is 4. The van der Waals surface area contributed by atoms with Gasteiger partial charge in [0.15, 0.2) is 0 Å². The van der Waals surface area contributed by atoms with Crippen molar-refractivity contribution >= 4 is 11.4 Å². The summed E-state index contributed by atoms with van der Waals surface area (Å²) < 4.78 is 0. The standard InChI is InChI=1S/C12H19N3O2/c1-13(2)9-6-10-14(3)11-7-4-5-8-12(11)15(16)17/h4-5,7-8H,6,9-10H2,1-3H3.